The molecule has 0 saturated heterocycles. The smallest absolute Gasteiger partial charge is 0.0671 e. The highest BCUT2D eigenvalue weighted by molar-refractivity contribution is 4.82. The first-order valence-corrected chi connectivity index (χ1v) is 6.50. The fourth-order valence-electron chi connectivity index (χ4n) is 2.53. The second-order valence-electron chi connectivity index (χ2n) is 5.05. The lowest BCUT2D eigenvalue weighted by Gasteiger charge is -2.35. The molecule has 0 aromatic rings. The maximum Gasteiger partial charge on any atom is 0.0671 e. The van der Waals surface area contributed by atoms with Gasteiger partial charge in [-0.15, -0.1) is 0 Å². The fraction of sp³-hybridized carbons (Fsp3) is 1.00. The number of nitrogens with one attached hydrogen (secondary N) is 1. The molecule has 4 unspecified atom stereocenters. The second-order valence-corrected chi connectivity index (χ2v) is 5.05. The summed E-state index contributed by atoms with van der Waals surface area (Å²) in [6.45, 7) is 10.8. The van der Waals surface area contributed by atoms with Gasteiger partial charge in [0.1, 0.15) is 0 Å². The molecule has 1 saturated carbocycles. The van der Waals surface area contributed by atoms with E-state index < -0.39 is 0 Å². The number of rotatable bonds is 5. The van der Waals surface area contributed by atoms with Gasteiger partial charge in [-0.1, -0.05) is 26.7 Å². The molecule has 15 heavy (non-hydrogen) atoms. The van der Waals surface area contributed by atoms with E-state index >= 15 is 0 Å². The third kappa shape index (κ3) is 4.12. The summed E-state index contributed by atoms with van der Waals surface area (Å²) in [5.74, 6) is 1.69. The molecule has 1 fully saturated rings. The Morgan fingerprint density at radius 2 is 2.07 bits per heavy atom. The predicted molar refractivity (Wildman–Crippen MR) is 65.1 cm³/mol. The number of hydrogen-bond acceptors (Lipinski definition) is 2. The Kier molecular flexibility index (Phi) is 5.62. The summed E-state index contributed by atoms with van der Waals surface area (Å²) in [6, 6.07) is 0.705. The van der Waals surface area contributed by atoms with Crippen LogP contribution in [0.5, 0.6) is 0 Å². The molecular weight excluding hydrogens is 186 g/mol. The highest BCUT2D eigenvalue weighted by Gasteiger charge is 2.26. The molecule has 0 aliphatic heterocycles. The van der Waals surface area contributed by atoms with Crippen molar-refractivity contribution in [1.29, 1.82) is 0 Å². The maximum absolute atomic E-state index is 5.53. The third-order valence-corrected chi connectivity index (χ3v) is 3.83. The first-order valence-electron chi connectivity index (χ1n) is 6.50. The van der Waals surface area contributed by atoms with Gasteiger partial charge in [0.25, 0.3) is 0 Å². The first kappa shape index (κ1) is 13.0. The van der Waals surface area contributed by atoms with E-state index in [0.29, 0.717) is 12.1 Å². The molecule has 1 N–H and O–H groups in total. The Labute approximate surface area is 94.8 Å². The molecule has 2 nitrogen and oxygen atoms in total. The highest BCUT2D eigenvalue weighted by atomic mass is 16.5. The molecule has 90 valence electrons. The van der Waals surface area contributed by atoms with Crippen LogP contribution in [-0.4, -0.2) is 25.3 Å². The number of hydrogen-bond donors (Lipinski definition) is 1. The van der Waals surface area contributed by atoms with Crippen molar-refractivity contribution in [3.05, 3.63) is 0 Å². The summed E-state index contributed by atoms with van der Waals surface area (Å²) in [5.41, 5.74) is 0. The lowest BCUT2D eigenvalue weighted by molar-refractivity contribution is 0.0683. The summed E-state index contributed by atoms with van der Waals surface area (Å²) in [5, 5.41) is 3.66. The van der Waals surface area contributed by atoms with E-state index in [9.17, 15) is 0 Å². The molecule has 0 aromatic heterocycles. The van der Waals surface area contributed by atoms with Crippen LogP contribution in [-0.2, 0) is 4.74 Å². The normalized spacial score (nSPS) is 34.0. The van der Waals surface area contributed by atoms with Crippen LogP contribution in [0.3, 0.4) is 0 Å². The van der Waals surface area contributed by atoms with Gasteiger partial charge in [0.05, 0.1) is 6.10 Å². The van der Waals surface area contributed by atoms with Gasteiger partial charge in [0, 0.05) is 19.2 Å². The Hall–Kier alpha value is -0.0800. The average molecular weight is 213 g/mol. The van der Waals surface area contributed by atoms with Gasteiger partial charge in [-0.05, 0) is 32.1 Å². The van der Waals surface area contributed by atoms with Crippen LogP contribution in [0.15, 0.2) is 0 Å². The van der Waals surface area contributed by atoms with Crippen LogP contribution >= 0.6 is 0 Å². The van der Waals surface area contributed by atoms with Gasteiger partial charge in [0.2, 0.25) is 0 Å². The van der Waals surface area contributed by atoms with Crippen molar-refractivity contribution in [2.75, 3.05) is 13.2 Å². The van der Waals surface area contributed by atoms with E-state index in [2.05, 4.69) is 33.0 Å². The first-order chi connectivity index (χ1) is 7.15. The topological polar surface area (TPSA) is 21.3 Å². The highest BCUT2D eigenvalue weighted by Crippen LogP contribution is 2.29. The quantitative estimate of drug-likeness (QED) is 0.758. The van der Waals surface area contributed by atoms with E-state index in [1.165, 1.54) is 19.3 Å². The van der Waals surface area contributed by atoms with Crippen molar-refractivity contribution in [1.82, 2.24) is 5.32 Å². The van der Waals surface area contributed by atoms with Gasteiger partial charge < -0.3 is 10.1 Å². The van der Waals surface area contributed by atoms with Crippen molar-refractivity contribution < 1.29 is 4.74 Å². The van der Waals surface area contributed by atoms with Crippen LogP contribution in [0, 0.1) is 11.8 Å². The van der Waals surface area contributed by atoms with E-state index in [0.717, 1.165) is 25.0 Å². The lowest BCUT2D eigenvalue weighted by Crippen LogP contribution is -2.43. The fourth-order valence-corrected chi connectivity index (χ4v) is 2.53. The monoisotopic (exact) mass is 213 g/mol. The van der Waals surface area contributed by atoms with Crippen LogP contribution < -0.4 is 5.32 Å². The molecule has 4 atom stereocenters. The molecule has 1 aliphatic rings. The summed E-state index contributed by atoms with van der Waals surface area (Å²) in [6.07, 6.45) is 4.47. The van der Waals surface area contributed by atoms with Crippen molar-refractivity contribution in [2.45, 2.75) is 59.1 Å². The molecule has 0 spiro atoms. The average Bonchev–Trinajstić information content (AvgIpc) is 2.21. The van der Waals surface area contributed by atoms with Crippen molar-refractivity contribution in [3.63, 3.8) is 0 Å². The van der Waals surface area contributed by atoms with E-state index in [1.54, 1.807) is 0 Å². The van der Waals surface area contributed by atoms with Gasteiger partial charge >= 0.3 is 0 Å². The molecule has 0 radical (unpaired) electrons. The van der Waals surface area contributed by atoms with Crippen LogP contribution in [0.1, 0.15) is 47.0 Å². The molecule has 2 heteroatoms. The standard InChI is InChI=1S/C13H27NO/c1-5-15-11(3)9-14-13-8-6-7-10(2)12(13)4/h10-14H,5-9H2,1-4H3. The molecular formula is C13H27NO. The summed E-state index contributed by atoms with van der Waals surface area (Å²) in [7, 11) is 0. The van der Waals surface area contributed by atoms with Gasteiger partial charge in [-0.25, -0.2) is 0 Å². The van der Waals surface area contributed by atoms with Crippen LogP contribution in [0.2, 0.25) is 0 Å². The van der Waals surface area contributed by atoms with Crippen molar-refractivity contribution in [3.8, 4) is 0 Å². The van der Waals surface area contributed by atoms with Crippen molar-refractivity contribution in [2.24, 2.45) is 11.8 Å². The Morgan fingerprint density at radius 1 is 1.33 bits per heavy atom. The molecule has 1 aliphatic carbocycles. The zero-order chi connectivity index (χ0) is 11.3. The van der Waals surface area contributed by atoms with E-state index in [1.807, 2.05) is 0 Å². The van der Waals surface area contributed by atoms with Gasteiger partial charge in [-0.3, -0.25) is 0 Å². The largest absolute Gasteiger partial charge is 0.377 e. The Bertz CT molecular complexity index is 172. The third-order valence-electron chi connectivity index (χ3n) is 3.83. The number of ether oxygens (including phenoxy) is 1. The van der Waals surface area contributed by atoms with E-state index in [4.69, 9.17) is 4.74 Å². The Balaban J connectivity index is 2.25. The van der Waals surface area contributed by atoms with Crippen LogP contribution in [0.25, 0.3) is 0 Å². The van der Waals surface area contributed by atoms with Crippen molar-refractivity contribution >= 4 is 0 Å². The summed E-state index contributed by atoms with van der Waals surface area (Å²) >= 11 is 0. The summed E-state index contributed by atoms with van der Waals surface area (Å²) in [4.78, 5) is 0. The van der Waals surface area contributed by atoms with Gasteiger partial charge in [0.15, 0.2) is 0 Å². The molecule has 0 aromatic carbocycles. The lowest BCUT2D eigenvalue weighted by atomic mass is 9.78. The Morgan fingerprint density at radius 3 is 2.73 bits per heavy atom. The SMILES string of the molecule is CCOC(C)CNC1CCCC(C)C1C. The predicted octanol–water partition coefficient (Wildman–Crippen LogP) is 2.83. The molecule has 0 heterocycles. The minimum Gasteiger partial charge on any atom is -0.377 e. The zero-order valence-electron chi connectivity index (χ0n) is 10.8. The zero-order valence-corrected chi connectivity index (χ0v) is 10.8. The maximum atomic E-state index is 5.53. The second kappa shape index (κ2) is 6.49. The minimum atomic E-state index is 0.347. The van der Waals surface area contributed by atoms with Crippen LogP contribution in [0.4, 0.5) is 0 Å². The molecule has 0 bridgehead atoms. The summed E-state index contributed by atoms with van der Waals surface area (Å²) < 4.78 is 5.53. The molecule has 0 amide bonds. The molecule has 1 rings (SSSR count). The van der Waals surface area contributed by atoms with E-state index in [-0.39, 0.29) is 0 Å². The van der Waals surface area contributed by atoms with Gasteiger partial charge in [-0.2, -0.15) is 0 Å². The minimum absolute atomic E-state index is 0.347.